The van der Waals surface area contributed by atoms with Crippen molar-refractivity contribution in [3.63, 3.8) is 0 Å². The number of pyridine rings is 1. The third-order valence-corrected chi connectivity index (χ3v) is 8.65. The molecular formula is C33H40F3N5O. The van der Waals surface area contributed by atoms with Gasteiger partial charge in [-0.2, -0.15) is 13.2 Å². The van der Waals surface area contributed by atoms with Crippen LogP contribution < -0.4 is 4.90 Å². The van der Waals surface area contributed by atoms with E-state index in [1.807, 2.05) is 54.5 Å². The number of piperidine rings is 1. The summed E-state index contributed by atoms with van der Waals surface area (Å²) in [5.41, 5.74) is 2.32. The number of hydrogen-bond acceptors (Lipinski definition) is 5. The summed E-state index contributed by atoms with van der Waals surface area (Å²) >= 11 is 0. The fourth-order valence-corrected chi connectivity index (χ4v) is 6.39. The largest absolute Gasteiger partial charge is 0.416 e. The van der Waals surface area contributed by atoms with Crippen molar-refractivity contribution in [2.24, 2.45) is 5.92 Å². The number of rotatable bonds is 9. The number of piperazine rings is 1. The van der Waals surface area contributed by atoms with E-state index >= 15 is 0 Å². The van der Waals surface area contributed by atoms with Crippen LogP contribution in [0.25, 0.3) is 0 Å². The molecular weight excluding hydrogens is 539 g/mol. The summed E-state index contributed by atoms with van der Waals surface area (Å²) in [7, 11) is 1.87. The molecule has 2 saturated heterocycles. The summed E-state index contributed by atoms with van der Waals surface area (Å²) in [4.78, 5) is 26.3. The van der Waals surface area contributed by atoms with E-state index in [-0.39, 0.29) is 5.91 Å². The second-order valence-corrected chi connectivity index (χ2v) is 11.6. The predicted octanol–water partition coefficient (Wildman–Crippen LogP) is 5.55. The highest BCUT2D eigenvalue weighted by atomic mass is 19.4. The van der Waals surface area contributed by atoms with Crippen LogP contribution in [0, 0.1) is 5.92 Å². The quantitative estimate of drug-likeness (QED) is 0.333. The summed E-state index contributed by atoms with van der Waals surface area (Å²) in [6.45, 7) is 6.25. The number of benzene rings is 2. The first kappa shape index (κ1) is 30.0. The van der Waals surface area contributed by atoms with Crippen LogP contribution in [0.5, 0.6) is 0 Å². The number of anilines is 1. The molecule has 0 saturated carbocycles. The average molecular weight is 580 g/mol. The van der Waals surface area contributed by atoms with Crippen LogP contribution in [0.4, 0.5) is 18.9 Å². The highest BCUT2D eigenvalue weighted by Gasteiger charge is 2.36. The van der Waals surface area contributed by atoms with Gasteiger partial charge in [-0.05, 0) is 60.7 Å². The van der Waals surface area contributed by atoms with Gasteiger partial charge in [-0.3, -0.25) is 19.6 Å². The minimum absolute atomic E-state index is 0.149. The van der Waals surface area contributed by atoms with E-state index < -0.39 is 11.7 Å². The number of likely N-dealkylation sites (tertiary alicyclic amines) is 1. The van der Waals surface area contributed by atoms with Crippen molar-refractivity contribution in [2.45, 2.75) is 44.6 Å². The third kappa shape index (κ3) is 7.89. The van der Waals surface area contributed by atoms with Crippen LogP contribution in [0.3, 0.4) is 0 Å². The summed E-state index contributed by atoms with van der Waals surface area (Å²) in [6, 6.07) is 20.1. The Bertz CT molecular complexity index is 1280. The molecule has 2 fully saturated rings. The molecule has 6 nitrogen and oxygen atoms in total. The van der Waals surface area contributed by atoms with Crippen LogP contribution >= 0.6 is 0 Å². The predicted molar refractivity (Wildman–Crippen MR) is 159 cm³/mol. The Hall–Kier alpha value is -3.43. The van der Waals surface area contributed by atoms with Gasteiger partial charge in [-0.15, -0.1) is 0 Å². The standard InChI is InChI=1S/C33H40F3N5O/c1-38(23-26-7-3-2-4-8-26)32(42)13-12-28-25-39(24-27-9-6-15-37-22-27)16-14-31(28)41-19-17-40(18-20-41)30-11-5-10-29(21-30)33(34,35)36/h2-11,15,21-22,28,31H,12-14,16-20,23-25H2,1H3/t28-,31+/m0/s1. The lowest BCUT2D eigenvalue weighted by Gasteiger charge is -2.47. The fourth-order valence-electron chi connectivity index (χ4n) is 6.39. The molecule has 0 radical (unpaired) electrons. The number of alkyl halides is 3. The van der Waals surface area contributed by atoms with Crippen LogP contribution in [0.1, 0.15) is 36.0 Å². The Kier molecular flexibility index (Phi) is 9.80. The van der Waals surface area contributed by atoms with E-state index in [0.29, 0.717) is 43.7 Å². The van der Waals surface area contributed by atoms with Crippen molar-refractivity contribution in [2.75, 3.05) is 51.2 Å². The molecule has 3 heterocycles. The Morgan fingerprint density at radius 2 is 1.71 bits per heavy atom. The molecule has 0 bridgehead atoms. The van der Waals surface area contributed by atoms with Crippen molar-refractivity contribution >= 4 is 11.6 Å². The first-order valence-corrected chi connectivity index (χ1v) is 14.8. The SMILES string of the molecule is CN(Cc1ccccc1)C(=O)CC[C@H]1CN(Cc2cccnc2)CC[C@H]1N1CCN(c2cccc(C(F)(F)F)c2)CC1. The summed E-state index contributed by atoms with van der Waals surface area (Å²) in [6.07, 6.45) is 1.66. The molecule has 3 aromatic rings. The maximum Gasteiger partial charge on any atom is 0.416 e. The molecule has 0 aliphatic carbocycles. The van der Waals surface area contributed by atoms with E-state index in [4.69, 9.17) is 0 Å². The molecule has 0 N–H and O–H groups in total. The zero-order valence-electron chi connectivity index (χ0n) is 24.2. The lowest BCUT2D eigenvalue weighted by atomic mass is 9.86. The maximum absolute atomic E-state index is 13.3. The molecule has 1 aromatic heterocycles. The second-order valence-electron chi connectivity index (χ2n) is 11.6. The first-order chi connectivity index (χ1) is 20.3. The number of aromatic nitrogens is 1. The maximum atomic E-state index is 13.3. The number of halogens is 3. The van der Waals surface area contributed by atoms with Gasteiger partial charge in [0.1, 0.15) is 0 Å². The lowest BCUT2D eigenvalue weighted by molar-refractivity contribution is -0.137. The molecule has 0 spiro atoms. The number of hydrogen-bond donors (Lipinski definition) is 0. The second kappa shape index (κ2) is 13.7. The molecule has 2 aliphatic heterocycles. The van der Waals surface area contributed by atoms with Gasteiger partial charge in [-0.25, -0.2) is 0 Å². The van der Waals surface area contributed by atoms with Crippen molar-refractivity contribution in [1.29, 1.82) is 0 Å². The van der Waals surface area contributed by atoms with E-state index in [1.165, 1.54) is 17.7 Å². The number of carbonyl (C=O) groups is 1. The Morgan fingerprint density at radius 3 is 2.43 bits per heavy atom. The molecule has 2 atom stereocenters. The molecule has 5 rings (SSSR count). The molecule has 9 heteroatoms. The Labute approximate surface area is 246 Å². The number of amides is 1. The summed E-state index contributed by atoms with van der Waals surface area (Å²) in [5, 5.41) is 0. The lowest BCUT2D eigenvalue weighted by Crippen LogP contribution is -2.56. The van der Waals surface area contributed by atoms with Crippen molar-refractivity contribution in [3.05, 3.63) is 95.8 Å². The van der Waals surface area contributed by atoms with Gasteiger partial charge in [0, 0.05) is 83.4 Å². The van der Waals surface area contributed by atoms with Crippen LogP contribution in [-0.4, -0.2) is 77.9 Å². The monoisotopic (exact) mass is 579 g/mol. The van der Waals surface area contributed by atoms with Crippen LogP contribution in [-0.2, 0) is 24.1 Å². The van der Waals surface area contributed by atoms with Crippen LogP contribution in [0.2, 0.25) is 0 Å². The van der Waals surface area contributed by atoms with E-state index in [0.717, 1.165) is 57.2 Å². The highest BCUT2D eigenvalue weighted by Crippen LogP contribution is 2.33. The highest BCUT2D eigenvalue weighted by molar-refractivity contribution is 5.75. The topological polar surface area (TPSA) is 42.9 Å². The summed E-state index contributed by atoms with van der Waals surface area (Å²) < 4.78 is 39.8. The van der Waals surface area contributed by atoms with Crippen molar-refractivity contribution < 1.29 is 18.0 Å². The van der Waals surface area contributed by atoms with Crippen molar-refractivity contribution in [1.82, 2.24) is 19.7 Å². The molecule has 1 amide bonds. The van der Waals surface area contributed by atoms with Gasteiger partial charge in [0.15, 0.2) is 0 Å². The van der Waals surface area contributed by atoms with Crippen LogP contribution in [0.15, 0.2) is 79.1 Å². The van der Waals surface area contributed by atoms with Gasteiger partial charge >= 0.3 is 6.18 Å². The molecule has 224 valence electrons. The Morgan fingerprint density at radius 1 is 0.952 bits per heavy atom. The Balaban J connectivity index is 1.22. The molecule has 2 aromatic carbocycles. The first-order valence-electron chi connectivity index (χ1n) is 14.8. The number of carbonyl (C=O) groups excluding carboxylic acids is 1. The average Bonchev–Trinajstić information content (AvgIpc) is 3.01. The molecule has 42 heavy (non-hydrogen) atoms. The minimum Gasteiger partial charge on any atom is -0.369 e. The van der Waals surface area contributed by atoms with Gasteiger partial charge < -0.3 is 9.80 Å². The minimum atomic E-state index is -4.35. The normalized spacial score (nSPS) is 20.4. The zero-order valence-corrected chi connectivity index (χ0v) is 24.2. The third-order valence-electron chi connectivity index (χ3n) is 8.65. The molecule has 2 aliphatic rings. The number of nitrogens with zero attached hydrogens (tertiary/aromatic N) is 5. The van der Waals surface area contributed by atoms with Gasteiger partial charge in [-0.1, -0.05) is 42.5 Å². The van der Waals surface area contributed by atoms with Gasteiger partial charge in [0.05, 0.1) is 5.56 Å². The smallest absolute Gasteiger partial charge is 0.369 e. The van der Waals surface area contributed by atoms with E-state index in [9.17, 15) is 18.0 Å². The van der Waals surface area contributed by atoms with Gasteiger partial charge in [0.25, 0.3) is 0 Å². The fraction of sp³-hybridized carbons (Fsp3) is 0.455. The van der Waals surface area contributed by atoms with E-state index in [2.05, 4.69) is 25.8 Å². The van der Waals surface area contributed by atoms with E-state index in [1.54, 1.807) is 12.3 Å². The summed E-state index contributed by atoms with van der Waals surface area (Å²) in [5.74, 6) is 0.473. The van der Waals surface area contributed by atoms with Crippen molar-refractivity contribution in [3.8, 4) is 0 Å². The zero-order chi connectivity index (χ0) is 29.5. The van der Waals surface area contributed by atoms with Gasteiger partial charge in [0.2, 0.25) is 5.91 Å². The molecule has 0 unspecified atom stereocenters.